The van der Waals surface area contributed by atoms with Crippen molar-refractivity contribution in [2.24, 2.45) is 5.10 Å². The summed E-state index contributed by atoms with van der Waals surface area (Å²) in [7, 11) is 0. The van der Waals surface area contributed by atoms with E-state index in [0.29, 0.717) is 5.69 Å². The quantitative estimate of drug-likeness (QED) is 0.507. The minimum absolute atomic E-state index is 0.0658. The van der Waals surface area contributed by atoms with E-state index < -0.39 is 17.6 Å². The predicted octanol–water partition coefficient (Wildman–Crippen LogP) is 4.29. The molecule has 0 aliphatic heterocycles. The average Bonchev–Trinajstić information content (AvgIpc) is 2.38. The van der Waals surface area contributed by atoms with E-state index >= 15 is 0 Å². The molecule has 0 saturated heterocycles. The molecule has 2 nitrogen and oxygen atoms in total. The molecule has 0 radical (unpaired) electrons. The van der Waals surface area contributed by atoms with Gasteiger partial charge in [0.25, 0.3) is 0 Å². The van der Waals surface area contributed by atoms with Crippen molar-refractivity contribution in [2.75, 3.05) is 5.43 Å². The van der Waals surface area contributed by atoms with Crippen LogP contribution < -0.4 is 5.43 Å². The van der Waals surface area contributed by atoms with Crippen molar-refractivity contribution in [3.8, 4) is 0 Å². The van der Waals surface area contributed by atoms with Crippen molar-refractivity contribution in [1.29, 1.82) is 0 Å². The Kier molecular flexibility index (Phi) is 4.02. The Morgan fingerprint density at radius 3 is 2.45 bits per heavy atom. The van der Waals surface area contributed by atoms with E-state index in [1.807, 2.05) is 0 Å². The van der Waals surface area contributed by atoms with E-state index in [4.69, 9.17) is 0 Å². The fourth-order valence-corrected chi connectivity index (χ4v) is 1.60. The molecule has 6 heteroatoms. The number of nitrogens with zero attached hydrogens (tertiary/aromatic N) is 1. The van der Waals surface area contributed by atoms with Gasteiger partial charge in [-0.05, 0) is 24.3 Å². The zero-order chi connectivity index (χ0) is 14.6. The molecule has 1 N–H and O–H groups in total. The van der Waals surface area contributed by atoms with Gasteiger partial charge in [0.1, 0.15) is 5.82 Å². The topological polar surface area (TPSA) is 24.4 Å². The van der Waals surface area contributed by atoms with Crippen LogP contribution in [0.1, 0.15) is 11.1 Å². The van der Waals surface area contributed by atoms with Crippen LogP contribution in [-0.4, -0.2) is 6.21 Å². The van der Waals surface area contributed by atoms with Gasteiger partial charge in [0, 0.05) is 5.56 Å². The number of hydrogen-bond donors (Lipinski definition) is 1. The van der Waals surface area contributed by atoms with Crippen molar-refractivity contribution in [2.45, 2.75) is 6.18 Å². The summed E-state index contributed by atoms with van der Waals surface area (Å²) in [6, 6.07) is 10.5. The van der Waals surface area contributed by atoms with E-state index in [0.717, 1.165) is 12.3 Å². The van der Waals surface area contributed by atoms with Crippen LogP contribution in [0.5, 0.6) is 0 Å². The SMILES string of the molecule is Fc1cccc(NN=Cc2ccccc2C(F)(F)F)c1. The third kappa shape index (κ3) is 3.57. The van der Waals surface area contributed by atoms with Crippen LogP contribution in [-0.2, 0) is 6.18 Å². The van der Waals surface area contributed by atoms with Crippen molar-refractivity contribution >= 4 is 11.9 Å². The first kappa shape index (κ1) is 14.0. The van der Waals surface area contributed by atoms with Gasteiger partial charge in [-0.25, -0.2) is 4.39 Å². The maximum Gasteiger partial charge on any atom is 0.417 e. The molecule has 0 aliphatic rings. The maximum atomic E-state index is 12.9. The smallest absolute Gasteiger partial charge is 0.278 e. The lowest BCUT2D eigenvalue weighted by molar-refractivity contribution is -0.137. The van der Waals surface area contributed by atoms with Crippen LogP contribution in [0.15, 0.2) is 53.6 Å². The predicted molar refractivity (Wildman–Crippen MR) is 69.1 cm³/mol. The number of rotatable bonds is 3. The summed E-state index contributed by atoms with van der Waals surface area (Å²) in [5.41, 5.74) is 1.99. The van der Waals surface area contributed by atoms with E-state index in [1.165, 1.54) is 36.4 Å². The highest BCUT2D eigenvalue weighted by molar-refractivity contribution is 5.82. The molecule has 104 valence electrons. The Hall–Kier alpha value is -2.37. The van der Waals surface area contributed by atoms with Crippen molar-refractivity contribution < 1.29 is 17.6 Å². The first-order chi connectivity index (χ1) is 9.47. The van der Waals surface area contributed by atoms with Gasteiger partial charge in [-0.15, -0.1) is 0 Å². The molecular weight excluding hydrogens is 272 g/mol. The van der Waals surface area contributed by atoms with Gasteiger partial charge < -0.3 is 0 Å². The minimum atomic E-state index is -4.44. The molecule has 0 atom stereocenters. The van der Waals surface area contributed by atoms with Crippen molar-refractivity contribution in [1.82, 2.24) is 0 Å². The van der Waals surface area contributed by atoms with Gasteiger partial charge in [-0.1, -0.05) is 24.3 Å². The van der Waals surface area contributed by atoms with E-state index in [9.17, 15) is 17.6 Å². The van der Waals surface area contributed by atoms with Crippen LogP contribution in [0.2, 0.25) is 0 Å². The molecule has 0 spiro atoms. The molecule has 0 fully saturated rings. The fourth-order valence-electron chi connectivity index (χ4n) is 1.60. The first-order valence-corrected chi connectivity index (χ1v) is 5.68. The van der Waals surface area contributed by atoms with Crippen LogP contribution in [0.25, 0.3) is 0 Å². The summed E-state index contributed by atoms with van der Waals surface area (Å²) >= 11 is 0. The van der Waals surface area contributed by atoms with E-state index in [-0.39, 0.29) is 5.56 Å². The fraction of sp³-hybridized carbons (Fsp3) is 0.0714. The zero-order valence-electron chi connectivity index (χ0n) is 10.2. The zero-order valence-corrected chi connectivity index (χ0v) is 10.2. The van der Waals surface area contributed by atoms with Gasteiger partial charge >= 0.3 is 6.18 Å². The Morgan fingerprint density at radius 2 is 1.75 bits per heavy atom. The lowest BCUT2D eigenvalue weighted by Crippen LogP contribution is -2.08. The van der Waals surface area contributed by atoms with Gasteiger partial charge in [0.05, 0.1) is 17.5 Å². The molecule has 2 rings (SSSR count). The lowest BCUT2D eigenvalue weighted by atomic mass is 10.1. The highest BCUT2D eigenvalue weighted by Gasteiger charge is 2.32. The molecule has 20 heavy (non-hydrogen) atoms. The number of benzene rings is 2. The van der Waals surface area contributed by atoms with Gasteiger partial charge in [0.15, 0.2) is 0 Å². The van der Waals surface area contributed by atoms with Crippen LogP contribution in [0.4, 0.5) is 23.2 Å². The third-order valence-corrected chi connectivity index (χ3v) is 2.49. The summed E-state index contributed by atoms with van der Waals surface area (Å²) in [6.07, 6.45) is -3.39. The number of hydrazone groups is 1. The first-order valence-electron chi connectivity index (χ1n) is 5.68. The lowest BCUT2D eigenvalue weighted by Gasteiger charge is -2.09. The molecule has 0 unspecified atom stereocenters. The van der Waals surface area contributed by atoms with E-state index in [1.54, 1.807) is 6.07 Å². The van der Waals surface area contributed by atoms with Gasteiger partial charge in [-0.2, -0.15) is 18.3 Å². The number of alkyl halides is 3. The molecule has 0 amide bonds. The summed E-state index contributed by atoms with van der Waals surface area (Å²) in [5.74, 6) is -0.458. The summed E-state index contributed by atoms with van der Waals surface area (Å²) < 4.78 is 51.1. The Balaban J connectivity index is 2.16. The van der Waals surface area contributed by atoms with Crippen LogP contribution in [0.3, 0.4) is 0 Å². The third-order valence-electron chi connectivity index (χ3n) is 2.49. The summed E-state index contributed by atoms with van der Waals surface area (Å²) in [4.78, 5) is 0. The molecule has 0 heterocycles. The van der Waals surface area contributed by atoms with Gasteiger partial charge in [0.2, 0.25) is 0 Å². The Morgan fingerprint density at radius 1 is 1.00 bits per heavy atom. The summed E-state index contributed by atoms with van der Waals surface area (Å²) in [5, 5.41) is 3.69. The van der Waals surface area contributed by atoms with Crippen molar-refractivity contribution in [3.05, 3.63) is 65.5 Å². The molecule has 0 saturated carbocycles. The second kappa shape index (κ2) is 5.73. The highest BCUT2D eigenvalue weighted by Crippen LogP contribution is 2.31. The molecule has 0 aromatic heterocycles. The Bertz CT molecular complexity index is 621. The van der Waals surface area contributed by atoms with Crippen LogP contribution >= 0.6 is 0 Å². The number of hydrogen-bond acceptors (Lipinski definition) is 2. The second-order valence-electron chi connectivity index (χ2n) is 3.97. The molecule has 0 aliphatic carbocycles. The summed E-state index contributed by atoms with van der Waals surface area (Å²) in [6.45, 7) is 0. The van der Waals surface area contributed by atoms with Crippen LogP contribution in [0, 0.1) is 5.82 Å². The normalized spacial score (nSPS) is 11.8. The monoisotopic (exact) mass is 282 g/mol. The molecule has 2 aromatic carbocycles. The molecular formula is C14H10F4N2. The number of anilines is 1. The standard InChI is InChI=1S/C14H10F4N2/c15-11-5-3-6-12(8-11)20-19-9-10-4-1-2-7-13(10)14(16,17)18/h1-9,20H. The second-order valence-corrected chi connectivity index (χ2v) is 3.97. The molecule has 0 bridgehead atoms. The highest BCUT2D eigenvalue weighted by atomic mass is 19.4. The minimum Gasteiger partial charge on any atom is -0.278 e. The molecule has 2 aromatic rings. The van der Waals surface area contributed by atoms with Gasteiger partial charge in [-0.3, -0.25) is 5.43 Å². The number of halogens is 4. The van der Waals surface area contributed by atoms with E-state index in [2.05, 4.69) is 10.5 Å². The number of nitrogens with one attached hydrogen (secondary N) is 1. The largest absolute Gasteiger partial charge is 0.417 e. The Labute approximate surface area is 112 Å². The van der Waals surface area contributed by atoms with Crippen molar-refractivity contribution in [3.63, 3.8) is 0 Å². The average molecular weight is 282 g/mol. The maximum absolute atomic E-state index is 12.9.